The van der Waals surface area contributed by atoms with Crippen molar-refractivity contribution in [2.45, 2.75) is 29.3 Å². The van der Waals surface area contributed by atoms with Crippen LogP contribution in [0, 0.1) is 11.7 Å². The number of anilines is 1. The quantitative estimate of drug-likeness (QED) is 0.576. The maximum Gasteiger partial charge on any atom is 0.223 e. The number of amides is 1. The van der Waals surface area contributed by atoms with Gasteiger partial charge in [0.1, 0.15) is 16.6 Å². The first-order valence-electron chi connectivity index (χ1n) is 10.5. The predicted molar refractivity (Wildman–Crippen MR) is 122 cm³/mol. The van der Waals surface area contributed by atoms with Gasteiger partial charge in [-0.2, -0.15) is 0 Å². The average Bonchev–Trinajstić information content (AvgIpc) is 2.83. The van der Waals surface area contributed by atoms with Gasteiger partial charge in [0.2, 0.25) is 5.91 Å². The van der Waals surface area contributed by atoms with E-state index in [0.29, 0.717) is 11.6 Å². The Balaban J connectivity index is 1.27. The van der Waals surface area contributed by atoms with Gasteiger partial charge in [-0.05, 0) is 49.2 Å². The summed E-state index contributed by atoms with van der Waals surface area (Å²) < 4.78 is 18.7. The highest BCUT2D eigenvalue weighted by atomic mass is 32.2. The van der Waals surface area contributed by atoms with Crippen LogP contribution in [0.1, 0.15) is 18.4 Å². The second kappa shape index (κ2) is 10.5. The van der Waals surface area contributed by atoms with Crippen LogP contribution < -0.4 is 15.0 Å². The third-order valence-corrected chi connectivity index (χ3v) is 6.40. The minimum Gasteiger partial charge on any atom is -0.496 e. The lowest BCUT2D eigenvalue weighted by atomic mass is 9.96. The normalized spacial score (nSPS) is 14.2. The molecular weight excluding hydrogens is 427 g/mol. The second-order valence-corrected chi connectivity index (χ2v) is 8.67. The number of piperidine rings is 1. The molecule has 3 aromatic rings. The zero-order chi connectivity index (χ0) is 22.3. The minimum atomic E-state index is -0.269. The van der Waals surface area contributed by atoms with Crippen molar-refractivity contribution >= 4 is 23.5 Å². The molecule has 1 aliphatic heterocycles. The van der Waals surface area contributed by atoms with Crippen LogP contribution in [0.15, 0.2) is 70.6 Å². The van der Waals surface area contributed by atoms with Crippen molar-refractivity contribution in [2.75, 3.05) is 25.1 Å². The van der Waals surface area contributed by atoms with Gasteiger partial charge in [-0.1, -0.05) is 36.0 Å². The summed E-state index contributed by atoms with van der Waals surface area (Å²) in [6.07, 6.45) is 1.53. The number of halogens is 1. The fourth-order valence-corrected chi connectivity index (χ4v) is 4.51. The molecule has 0 saturated carbocycles. The van der Waals surface area contributed by atoms with Crippen LogP contribution in [0.25, 0.3) is 0 Å². The average molecular weight is 453 g/mol. The summed E-state index contributed by atoms with van der Waals surface area (Å²) in [5.74, 6) is 1.36. The summed E-state index contributed by atoms with van der Waals surface area (Å²) in [6, 6.07) is 17.9. The molecule has 1 fully saturated rings. The van der Waals surface area contributed by atoms with Gasteiger partial charge in [0.15, 0.2) is 5.82 Å². The molecule has 0 unspecified atom stereocenters. The Labute approximate surface area is 191 Å². The third-order valence-electron chi connectivity index (χ3n) is 5.48. The zero-order valence-corrected chi connectivity index (χ0v) is 18.6. The third kappa shape index (κ3) is 5.56. The lowest BCUT2D eigenvalue weighted by molar-refractivity contribution is -0.125. The molecule has 0 radical (unpaired) electrons. The standard InChI is InChI=1S/C24H25FN4O2S/c1-31-21-8-3-2-5-18(21)16-26-24(30)17-11-13-29(14-12-17)22-9-10-23(28-27-22)32-20-7-4-6-19(25)15-20/h2-10,15,17H,11-14,16H2,1H3,(H,26,30). The summed E-state index contributed by atoms with van der Waals surface area (Å²) in [7, 11) is 1.63. The summed E-state index contributed by atoms with van der Waals surface area (Å²) in [4.78, 5) is 15.6. The molecule has 1 amide bonds. The van der Waals surface area contributed by atoms with E-state index in [4.69, 9.17) is 4.74 Å². The van der Waals surface area contributed by atoms with Gasteiger partial charge >= 0.3 is 0 Å². The number of nitrogens with zero attached hydrogens (tertiary/aromatic N) is 3. The fourth-order valence-electron chi connectivity index (χ4n) is 3.73. The van der Waals surface area contributed by atoms with Crippen LogP contribution >= 0.6 is 11.8 Å². The van der Waals surface area contributed by atoms with E-state index in [-0.39, 0.29) is 17.6 Å². The van der Waals surface area contributed by atoms with Crippen LogP contribution in [0.3, 0.4) is 0 Å². The van der Waals surface area contributed by atoms with Gasteiger partial charge in [-0.15, -0.1) is 10.2 Å². The molecule has 1 aromatic heterocycles. The highest BCUT2D eigenvalue weighted by Crippen LogP contribution is 2.28. The number of benzene rings is 2. The number of hydrogen-bond donors (Lipinski definition) is 1. The topological polar surface area (TPSA) is 67.3 Å². The Kier molecular flexibility index (Phi) is 7.21. The number of nitrogens with one attached hydrogen (secondary N) is 1. The van der Waals surface area contributed by atoms with Crippen molar-refractivity contribution in [3.05, 3.63) is 72.0 Å². The van der Waals surface area contributed by atoms with Crippen molar-refractivity contribution in [2.24, 2.45) is 5.92 Å². The maximum atomic E-state index is 13.3. The number of carbonyl (C=O) groups excluding carboxylic acids is 1. The summed E-state index contributed by atoms with van der Waals surface area (Å²) in [5.41, 5.74) is 0.965. The van der Waals surface area contributed by atoms with Gasteiger partial charge in [0.05, 0.1) is 7.11 Å². The Morgan fingerprint density at radius 1 is 1.12 bits per heavy atom. The highest BCUT2D eigenvalue weighted by molar-refractivity contribution is 7.99. The smallest absolute Gasteiger partial charge is 0.223 e. The molecule has 4 rings (SSSR count). The van der Waals surface area contributed by atoms with Crippen molar-refractivity contribution in [1.29, 1.82) is 0 Å². The number of carbonyl (C=O) groups is 1. The molecule has 1 N–H and O–H groups in total. The molecule has 2 heterocycles. The van der Waals surface area contributed by atoms with E-state index < -0.39 is 0 Å². The SMILES string of the molecule is COc1ccccc1CNC(=O)C1CCN(c2ccc(Sc3cccc(F)c3)nn2)CC1. The lowest BCUT2D eigenvalue weighted by Gasteiger charge is -2.31. The zero-order valence-electron chi connectivity index (χ0n) is 17.8. The first-order valence-corrected chi connectivity index (χ1v) is 11.4. The first kappa shape index (κ1) is 22.1. The number of para-hydroxylation sites is 1. The van der Waals surface area contributed by atoms with Crippen LogP contribution in [0.4, 0.5) is 10.2 Å². The van der Waals surface area contributed by atoms with Crippen LogP contribution in [0.5, 0.6) is 5.75 Å². The predicted octanol–water partition coefficient (Wildman–Crippen LogP) is 4.31. The summed E-state index contributed by atoms with van der Waals surface area (Å²) in [6.45, 7) is 1.95. The Bertz CT molecular complexity index is 1060. The lowest BCUT2D eigenvalue weighted by Crippen LogP contribution is -2.40. The fraction of sp³-hybridized carbons (Fsp3) is 0.292. The largest absolute Gasteiger partial charge is 0.496 e. The van der Waals surface area contributed by atoms with E-state index in [2.05, 4.69) is 20.4 Å². The number of hydrogen-bond acceptors (Lipinski definition) is 6. The van der Waals surface area contributed by atoms with Gasteiger partial charge in [-0.25, -0.2) is 4.39 Å². The van der Waals surface area contributed by atoms with E-state index in [9.17, 15) is 9.18 Å². The Hall–Kier alpha value is -3.13. The second-order valence-electron chi connectivity index (χ2n) is 7.58. The van der Waals surface area contributed by atoms with E-state index in [1.165, 1.54) is 23.9 Å². The van der Waals surface area contributed by atoms with Crippen molar-refractivity contribution in [3.63, 3.8) is 0 Å². The molecule has 6 nitrogen and oxygen atoms in total. The summed E-state index contributed by atoms with van der Waals surface area (Å²) in [5, 5.41) is 12.4. The molecule has 0 aliphatic carbocycles. The number of ether oxygens (including phenoxy) is 1. The minimum absolute atomic E-state index is 0.0169. The monoisotopic (exact) mass is 452 g/mol. The molecule has 32 heavy (non-hydrogen) atoms. The molecule has 2 aromatic carbocycles. The Morgan fingerprint density at radius 3 is 2.66 bits per heavy atom. The molecule has 0 bridgehead atoms. The molecule has 1 saturated heterocycles. The number of aromatic nitrogens is 2. The van der Waals surface area contributed by atoms with Gasteiger partial charge in [0.25, 0.3) is 0 Å². The molecule has 8 heteroatoms. The van der Waals surface area contributed by atoms with E-state index >= 15 is 0 Å². The molecular formula is C24H25FN4O2S. The van der Waals surface area contributed by atoms with E-state index in [1.807, 2.05) is 42.5 Å². The van der Waals surface area contributed by atoms with Crippen molar-refractivity contribution in [1.82, 2.24) is 15.5 Å². The molecule has 0 spiro atoms. The van der Waals surface area contributed by atoms with E-state index in [0.717, 1.165) is 48.0 Å². The molecule has 0 atom stereocenters. The van der Waals surface area contributed by atoms with Gasteiger partial charge < -0.3 is 15.0 Å². The van der Waals surface area contributed by atoms with Crippen LogP contribution in [0.2, 0.25) is 0 Å². The van der Waals surface area contributed by atoms with Crippen LogP contribution in [-0.2, 0) is 11.3 Å². The maximum absolute atomic E-state index is 13.3. The summed E-state index contributed by atoms with van der Waals surface area (Å²) >= 11 is 1.37. The highest BCUT2D eigenvalue weighted by Gasteiger charge is 2.25. The molecule has 166 valence electrons. The van der Waals surface area contributed by atoms with Crippen molar-refractivity contribution in [3.8, 4) is 5.75 Å². The first-order chi connectivity index (χ1) is 15.6. The Morgan fingerprint density at radius 2 is 1.94 bits per heavy atom. The van der Waals surface area contributed by atoms with Gasteiger partial charge in [-0.3, -0.25) is 4.79 Å². The molecule has 1 aliphatic rings. The van der Waals surface area contributed by atoms with Crippen molar-refractivity contribution < 1.29 is 13.9 Å². The number of rotatable bonds is 7. The van der Waals surface area contributed by atoms with Crippen LogP contribution in [-0.4, -0.2) is 36.3 Å². The number of methoxy groups -OCH3 is 1. The van der Waals surface area contributed by atoms with E-state index in [1.54, 1.807) is 13.2 Å². The van der Waals surface area contributed by atoms with Gasteiger partial charge in [0, 0.05) is 36.0 Å².